The van der Waals surface area contributed by atoms with E-state index >= 15 is 0 Å². The van der Waals surface area contributed by atoms with Crippen molar-refractivity contribution in [2.75, 3.05) is 5.32 Å². The number of hydrogen-bond donors (Lipinski definition) is 2. The number of aliphatic hydroxyl groups is 1. The molecule has 136 valence electrons. The number of benzene rings is 1. The Morgan fingerprint density at radius 3 is 2.46 bits per heavy atom. The van der Waals surface area contributed by atoms with Crippen LogP contribution in [0.4, 0.5) is 24.8 Å². The molecule has 8 heteroatoms. The molecule has 5 nitrogen and oxygen atoms in total. The number of fused-ring (bicyclic) bond motifs is 1. The van der Waals surface area contributed by atoms with Gasteiger partial charge >= 0.3 is 0 Å². The van der Waals surface area contributed by atoms with Gasteiger partial charge in [0.15, 0.2) is 11.6 Å². The lowest BCUT2D eigenvalue weighted by Crippen LogP contribution is -2.22. The maximum absolute atomic E-state index is 14.1. The minimum atomic E-state index is -1.03. The van der Waals surface area contributed by atoms with Gasteiger partial charge in [-0.05, 0) is 31.7 Å². The molecular weight excluding hydrogens is 345 g/mol. The van der Waals surface area contributed by atoms with Crippen LogP contribution in [0.25, 0.3) is 11.0 Å². The van der Waals surface area contributed by atoms with E-state index in [2.05, 4.69) is 15.3 Å². The third-order valence-corrected chi connectivity index (χ3v) is 4.77. The molecule has 1 aliphatic rings. The van der Waals surface area contributed by atoms with Gasteiger partial charge in [-0.2, -0.15) is 0 Å². The Labute approximate surface area is 147 Å². The van der Waals surface area contributed by atoms with Crippen LogP contribution in [0.1, 0.15) is 31.7 Å². The topological polar surface area (TPSA) is 63.0 Å². The lowest BCUT2D eigenvalue weighted by Gasteiger charge is -2.28. The zero-order valence-corrected chi connectivity index (χ0v) is 13.8. The molecule has 2 aromatic heterocycles. The number of anilines is 2. The molecule has 0 atom stereocenters. The molecule has 4 rings (SSSR count). The van der Waals surface area contributed by atoms with Gasteiger partial charge in [-0.15, -0.1) is 0 Å². The number of hydrogen-bond acceptors (Lipinski definition) is 4. The van der Waals surface area contributed by atoms with Gasteiger partial charge in [0.1, 0.15) is 17.0 Å². The van der Waals surface area contributed by atoms with Crippen molar-refractivity contribution in [3.8, 4) is 0 Å². The van der Waals surface area contributed by atoms with Gasteiger partial charge in [0.25, 0.3) is 0 Å². The van der Waals surface area contributed by atoms with Gasteiger partial charge in [0.05, 0.1) is 17.8 Å². The summed E-state index contributed by atoms with van der Waals surface area (Å²) in [6.45, 7) is 0. The average Bonchev–Trinajstić information content (AvgIpc) is 2.97. The van der Waals surface area contributed by atoms with Crippen LogP contribution in [0, 0.1) is 17.5 Å². The summed E-state index contributed by atoms with van der Waals surface area (Å²) < 4.78 is 43.1. The smallest absolute Gasteiger partial charge is 0.208 e. The Hall–Kier alpha value is -2.61. The van der Waals surface area contributed by atoms with Gasteiger partial charge in [-0.1, -0.05) is 0 Å². The van der Waals surface area contributed by atoms with Crippen LogP contribution >= 0.6 is 0 Å². The molecule has 0 spiro atoms. The molecule has 0 saturated heterocycles. The molecular formula is C18H17F3N4O. The Bertz CT molecular complexity index is 928. The molecule has 1 aliphatic carbocycles. The van der Waals surface area contributed by atoms with Gasteiger partial charge in [0, 0.05) is 24.4 Å². The zero-order chi connectivity index (χ0) is 18.3. The quantitative estimate of drug-likeness (QED) is 0.737. The lowest BCUT2D eigenvalue weighted by atomic mass is 9.93. The molecule has 1 saturated carbocycles. The van der Waals surface area contributed by atoms with E-state index in [-0.39, 0.29) is 18.1 Å². The number of aliphatic hydroxyl groups excluding tert-OH is 1. The Morgan fingerprint density at radius 2 is 1.77 bits per heavy atom. The first-order valence-corrected chi connectivity index (χ1v) is 8.44. The van der Waals surface area contributed by atoms with E-state index < -0.39 is 23.1 Å². The van der Waals surface area contributed by atoms with Crippen molar-refractivity contribution >= 4 is 22.7 Å². The normalized spacial score (nSPS) is 20.5. The Balaban J connectivity index is 1.79. The second-order valence-electron chi connectivity index (χ2n) is 6.50. The van der Waals surface area contributed by atoms with Crippen molar-refractivity contribution in [1.29, 1.82) is 0 Å². The summed E-state index contributed by atoms with van der Waals surface area (Å²) in [6, 6.07) is 3.06. The van der Waals surface area contributed by atoms with Crippen LogP contribution in [0.3, 0.4) is 0 Å². The third-order valence-electron chi connectivity index (χ3n) is 4.77. The Morgan fingerprint density at radius 1 is 1.08 bits per heavy atom. The fourth-order valence-electron chi connectivity index (χ4n) is 3.50. The minimum Gasteiger partial charge on any atom is -0.393 e. The summed E-state index contributed by atoms with van der Waals surface area (Å²) in [5.74, 6) is -2.78. The predicted molar refractivity (Wildman–Crippen MR) is 90.6 cm³/mol. The number of rotatable bonds is 3. The van der Waals surface area contributed by atoms with Crippen LogP contribution in [0.2, 0.25) is 0 Å². The summed E-state index contributed by atoms with van der Waals surface area (Å²) in [5.41, 5.74) is 0.919. The summed E-state index contributed by atoms with van der Waals surface area (Å²) in [7, 11) is 0. The van der Waals surface area contributed by atoms with E-state index in [9.17, 15) is 18.3 Å². The Kier molecular flexibility index (Phi) is 4.28. The molecule has 3 aromatic rings. The maximum atomic E-state index is 14.1. The van der Waals surface area contributed by atoms with Crippen LogP contribution < -0.4 is 5.32 Å². The molecule has 0 unspecified atom stereocenters. The van der Waals surface area contributed by atoms with Crippen LogP contribution in [0.15, 0.2) is 30.6 Å². The van der Waals surface area contributed by atoms with Gasteiger partial charge < -0.3 is 15.0 Å². The molecule has 2 heterocycles. The number of aromatic nitrogens is 3. The van der Waals surface area contributed by atoms with Gasteiger partial charge in [0.2, 0.25) is 5.95 Å². The van der Waals surface area contributed by atoms with E-state index in [1.165, 1.54) is 0 Å². The van der Waals surface area contributed by atoms with Crippen molar-refractivity contribution in [3.05, 3.63) is 48.0 Å². The molecule has 0 aliphatic heterocycles. The van der Waals surface area contributed by atoms with Crippen molar-refractivity contribution < 1.29 is 18.3 Å². The number of nitrogens with zero attached hydrogens (tertiary/aromatic N) is 3. The first-order valence-electron chi connectivity index (χ1n) is 8.44. The van der Waals surface area contributed by atoms with Gasteiger partial charge in [-0.3, -0.25) is 4.98 Å². The molecule has 1 fully saturated rings. The summed E-state index contributed by atoms with van der Waals surface area (Å²) >= 11 is 0. The average molecular weight is 362 g/mol. The van der Waals surface area contributed by atoms with Gasteiger partial charge in [-0.25, -0.2) is 18.2 Å². The van der Waals surface area contributed by atoms with E-state index in [0.29, 0.717) is 30.5 Å². The minimum absolute atomic E-state index is 0.0277. The van der Waals surface area contributed by atoms with Crippen LogP contribution in [-0.2, 0) is 0 Å². The fraction of sp³-hybridized carbons (Fsp3) is 0.333. The van der Waals surface area contributed by atoms with Crippen molar-refractivity contribution in [2.24, 2.45) is 0 Å². The number of pyridine rings is 1. The lowest BCUT2D eigenvalue weighted by molar-refractivity contribution is 0.112. The van der Waals surface area contributed by atoms with E-state index in [0.717, 1.165) is 18.4 Å². The second kappa shape index (κ2) is 6.60. The first kappa shape index (κ1) is 16.8. The zero-order valence-electron chi connectivity index (χ0n) is 13.8. The maximum Gasteiger partial charge on any atom is 0.208 e. The fourth-order valence-corrected chi connectivity index (χ4v) is 3.50. The highest BCUT2D eigenvalue weighted by Gasteiger charge is 2.26. The molecule has 1 aromatic carbocycles. The third kappa shape index (κ3) is 3.01. The molecule has 2 N–H and O–H groups in total. The largest absolute Gasteiger partial charge is 0.393 e. The standard InChI is InChI=1S/C18H17F3N4O/c19-10-7-13(20)17(14(21)8-10)24-18-23-15-9-22-6-5-16(15)25(18)11-1-3-12(26)4-2-11/h5-9,11-12,26H,1-4H2,(H,23,24). The predicted octanol–water partition coefficient (Wildman–Crippen LogP) is 4.07. The summed E-state index contributed by atoms with van der Waals surface area (Å²) in [5, 5.41) is 12.4. The van der Waals surface area contributed by atoms with E-state index in [1.54, 1.807) is 18.5 Å². The van der Waals surface area contributed by atoms with Crippen molar-refractivity contribution in [3.63, 3.8) is 0 Å². The number of nitrogens with one attached hydrogen (secondary N) is 1. The van der Waals surface area contributed by atoms with E-state index in [4.69, 9.17) is 0 Å². The SMILES string of the molecule is OC1CCC(n2c(Nc3c(F)cc(F)cc3F)nc3cnccc32)CC1. The highest BCUT2D eigenvalue weighted by molar-refractivity contribution is 5.79. The van der Waals surface area contributed by atoms with Crippen LogP contribution in [-0.4, -0.2) is 25.7 Å². The molecule has 0 radical (unpaired) electrons. The first-order chi connectivity index (χ1) is 12.5. The van der Waals surface area contributed by atoms with Crippen molar-refractivity contribution in [1.82, 2.24) is 14.5 Å². The summed E-state index contributed by atoms with van der Waals surface area (Å²) in [4.78, 5) is 8.44. The van der Waals surface area contributed by atoms with E-state index in [1.807, 2.05) is 4.57 Å². The molecule has 26 heavy (non-hydrogen) atoms. The molecule has 0 bridgehead atoms. The van der Waals surface area contributed by atoms with Crippen molar-refractivity contribution in [2.45, 2.75) is 37.8 Å². The second-order valence-corrected chi connectivity index (χ2v) is 6.50. The van der Waals surface area contributed by atoms with Crippen LogP contribution in [0.5, 0.6) is 0 Å². The molecule has 0 amide bonds. The highest BCUT2D eigenvalue weighted by Crippen LogP contribution is 2.35. The number of imidazole rings is 1. The highest BCUT2D eigenvalue weighted by atomic mass is 19.1. The summed E-state index contributed by atoms with van der Waals surface area (Å²) in [6.07, 6.45) is 5.61. The number of halogens is 3. The monoisotopic (exact) mass is 362 g/mol.